The molecular weight excluding hydrogens is 366 g/mol. The first-order valence-electron chi connectivity index (χ1n) is 9.19. The molecule has 0 spiro atoms. The van der Waals surface area contributed by atoms with Crippen molar-refractivity contribution in [2.75, 3.05) is 11.3 Å². The minimum atomic E-state index is 0.318. The quantitative estimate of drug-likeness (QED) is 0.231. The molecule has 3 aromatic rings. The van der Waals surface area contributed by atoms with Crippen molar-refractivity contribution in [3.8, 4) is 11.1 Å². The molecule has 1 N–H and O–H groups in total. The van der Waals surface area contributed by atoms with Gasteiger partial charge in [-0.15, -0.1) is 11.6 Å². The third kappa shape index (κ3) is 4.68. The summed E-state index contributed by atoms with van der Waals surface area (Å²) in [7, 11) is 0. The van der Waals surface area contributed by atoms with E-state index in [2.05, 4.69) is 79.4 Å². The third-order valence-electron chi connectivity index (χ3n) is 4.73. The SMILES string of the molecule is C=NC(=NCc1cccc(-c2ccccc2)c1)c1cc(C)c(C)cc1NCCl. The second kappa shape index (κ2) is 9.34. The van der Waals surface area contributed by atoms with E-state index in [9.17, 15) is 0 Å². The van der Waals surface area contributed by atoms with Gasteiger partial charge in [0.2, 0.25) is 0 Å². The van der Waals surface area contributed by atoms with Crippen molar-refractivity contribution in [3.63, 3.8) is 0 Å². The second-order valence-corrected chi connectivity index (χ2v) is 6.92. The smallest absolute Gasteiger partial charge is 0.156 e. The Balaban J connectivity index is 1.91. The predicted octanol–water partition coefficient (Wildman–Crippen LogP) is 6.23. The molecular formula is C24H24ClN3. The molecule has 0 saturated heterocycles. The third-order valence-corrected chi connectivity index (χ3v) is 4.86. The van der Waals surface area contributed by atoms with Gasteiger partial charge in [0, 0.05) is 11.3 Å². The van der Waals surface area contributed by atoms with Crippen LogP contribution in [0.15, 0.2) is 76.7 Å². The van der Waals surface area contributed by atoms with E-state index in [0.717, 1.165) is 16.8 Å². The van der Waals surface area contributed by atoms with E-state index < -0.39 is 0 Å². The van der Waals surface area contributed by atoms with Crippen LogP contribution in [-0.4, -0.2) is 18.6 Å². The first-order valence-corrected chi connectivity index (χ1v) is 9.73. The molecule has 0 radical (unpaired) electrons. The molecule has 3 rings (SSSR count). The van der Waals surface area contributed by atoms with Crippen LogP contribution in [0.1, 0.15) is 22.3 Å². The molecule has 0 fully saturated rings. The lowest BCUT2D eigenvalue weighted by molar-refractivity contribution is 1.06. The van der Waals surface area contributed by atoms with Gasteiger partial charge in [0.25, 0.3) is 0 Å². The summed E-state index contributed by atoms with van der Waals surface area (Å²) < 4.78 is 0. The molecule has 0 saturated carbocycles. The summed E-state index contributed by atoms with van der Waals surface area (Å²) in [4.78, 5) is 8.92. The van der Waals surface area contributed by atoms with E-state index in [1.165, 1.54) is 22.3 Å². The highest BCUT2D eigenvalue weighted by atomic mass is 35.5. The Kier molecular flexibility index (Phi) is 6.62. The lowest BCUT2D eigenvalue weighted by Gasteiger charge is -2.13. The number of nitrogens with one attached hydrogen (secondary N) is 1. The van der Waals surface area contributed by atoms with Crippen molar-refractivity contribution in [3.05, 3.63) is 89.0 Å². The maximum atomic E-state index is 5.90. The molecule has 0 bridgehead atoms. The monoisotopic (exact) mass is 389 g/mol. The molecule has 0 amide bonds. The number of hydrogen-bond donors (Lipinski definition) is 1. The number of amidine groups is 1. The minimum Gasteiger partial charge on any atom is -0.371 e. The largest absolute Gasteiger partial charge is 0.371 e. The van der Waals surface area contributed by atoms with Crippen LogP contribution in [0.2, 0.25) is 0 Å². The standard InChI is InChI=1S/C24H24ClN3/c1-17-12-22(23(28-16-25)13-18(17)2)24(26-3)27-15-19-8-7-11-21(14-19)20-9-5-4-6-10-20/h4-14,28H,3,15-16H2,1-2H3. The van der Waals surface area contributed by atoms with Gasteiger partial charge in [-0.05, 0) is 66.6 Å². The Morgan fingerprint density at radius 3 is 2.36 bits per heavy atom. The number of benzene rings is 3. The Hall–Kier alpha value is -2.91. The van der Waals surface area contributed by atoms with E-state index in [-0.39, 0.29) is 0 Å². The summed E-state index contributed by atoms with van der Waals surface area (Å²) >= 11 is 5.90. The van der Waals surface area contributed by atoms with Gasteiger partial charge in [0.05, 0.1) is 12.5 Å². The molecule has 0 aliphatic heterocycles. The highest BCUT2D eigenvalue weighted by Crippen LogP contribution is 2.24. The van der Waals surface area contributed by atoms with E-state index in [4.69, 9.17) is 16.6 Å². The number of aliphatic imine (C=N–C) groups is 2. The van der Waals surface area contributed by atoms with Gasteiger partial charge >= 0.3 is 0 Å². The van der Waals surface area contributed by atoms with Gasteiger partial charge in [0.15, 0.2) is 5.84 Å². The Labute approximate surface area is 171 Å². The predicted molar refractivity (Wildman–Crippen MR) is 122 cm³/mol. The fourth-order valence-corrected chi connectivity index (χ4v) is 3.23. The van der Waals surface area contributed by atoms with Crippen LogP contribution in [0.4, 0.5) is 5.69 Å². The molecule has 0 aliphatic carbocycles. The van der Waals surface area contributed by atoms with Crippen molar-refractivity contribution in [1.82, 2.24) is 0 Å². The Morgan fingerprint density at radius 2 is 1.64 bits per heavy atom. The summed E-state index contributed by atoms with van der Waals surface area (Å²) in [6.45, 7) is 8.41. The highest BCUT2D eigenvalue weighted by molar-refractivity contribution is 6.19. The van der Waals surface area contributed by atoms with E-state index in [1.807, 2.05) is 18.2 Å². The van der Waals surface area contributed by atoms with E-state index in [0.29, 0.717) is 18.4 Å². The molecule has 0 atom stereocenters. The highest BCUT2D eigenvalue weighted by Gasteiger charge is 2.10. The fourth-order valence-electron chi connectivity index (χ4n) is 3.09. The summed E-state index contributed by atoms with van der Waals surface area (Å²) in [5, 5.41) is 3.18. The van der Waals surface area contributed by atoms with Crippen LogP contribution in [-0.2, 0) is 6.54 Å². The average molecular weight is 390 g/mol. The zero-order chi connectivity index (χ0) is 19.9. The van der Waals surface area contributed by atoms with Crippen LogP contribution in [0, 0.1) is 13.8 Å². The van der Waals surface area contributed by atoms with E-state index >= 15 is 0 Å². The van der Waals surface area contributed by atoms with Crippen molar-refractivity contribution >= 4 is 29.8 Å². The van der Waals surface area contributed by atoms with Crippen molar-refractivity contribution in [1.29, 1.82) is 0 Å². The number of nitrogens with zero attached hydrogens (tertiary/aromatic N) is 2. The van der Waals surface area contributed by atoms with E-state index in [1.54, 1.807) is 0 Å². The van der Waals surface area contributed by atoms with Crippen LogP contribution in [0.3, 0.4) is 0 Å². The molecule has 4 heteroatoms. The second-order valence-electron chi connectivity index (χ2n) is 6.66. The Morgan fingerprint density at radius 1 is 0.929 bits per heavy atom. The first kappa shape index (κ1) is 19.8. The molecule has 0 unspecified atom stereocenters. The zero-order valence-electron chi connectivity index (χ0n) is 16.2. The maximum absolute atomic E-state index is 5.90. The van der Waals surface area contributed by atoms with Gasteiger partial charge in [-0.2, -0.15) is 0 Å². The van der Waals surface area contributed by atoms with Gasteiger partial charge in [0.1, 0.15) is 0 Å². The number of alkyl halides is 1. The molecule has 3 aromatic carbocycles. The maximum Gasteiger partial charge on any atom is 0.156 e. The molecule has 0 heterocycles. The van der Waals surface area contributed by atoms with Crippen molar-refractivity contribution in [2.24, 2.45) is 9.98 Å². The van der Waals surface area contributed by atoms with Crippen LogP contribution in [0.25, 0.3) is 11.1 Å². The summed E-state index contributed by atoms with van der Waals surface area (Å²) in [6, 6.07) is 23.2. The summed E-state index contributed by atoms with van der Waals surface area (Å²) in [5.41, 5.74) is 7.70. The number of anilines is 1. The topological polar surface area (TPSA) is 36.8 Å². The molecule has 142 valence electrons. The van der Waals surface area contributed by atoms with Crippen LogP contribution < -0.4 is 5.32 Å². The number of aryl methyl sites for hydroxylation is 2. The van der Waals surface area contributed by atoms with Crippen LogP contribution in [0.5, 0.6) is 0 Å². The minimum absolute atomic E-state index is 0.318. The fraction of sp³-hybridized carbons (Fsp3) is 0.167. The van der Waals surface area contributed by atoms with Crippen molar-refractivity contribution < 1.29 is 0 Å². The normalized spacial score (nSPS) is 11.3. The molecule has 0 aromatic heterocycles. The van der Waals surface area contributed by atoms with Crippen LogP contribution >= 0.6 is 11.6 Å². The number of hydrogen-bond acceptors (Lipinski definition) is 2. The lowest BCUT2D eigenvalue weighted by atomic mass is 10.0. The average Bonchev–Trinajstić information content (AvgIpc) is 2.73. The summed E-state index contributed by atoms with van der Waals surface area (Å²) in [5.74, 6) is 0.612. The van der Waals surface area contributed by atoms with Gasteiger partial charge < -0.3 is 5.32 Å². The van der Waals surface area contributed by atoms with Gasteiger partial charge in [-0.1, -0.05) is 48.5 Å². The molecule has 3 nitrogen and oxygen atoms in total. The van der Waals surface area contributed by atoms with Crippen molar-refractivity contribution in [2.45, 2.75) is 20.4 Å². The van der Waals surface area contributed by atoms with Gasteiger partial charge in [-0.3, -0.25) is 4.99 Å². The Bertz CT molecular complexity index is 994. The molecule has 0 aliphatic rings. The van der Waals surface area contributed by atoms with Gasteiger partial charge in [-0.25, -0.2) is 4.99 Å². The zero-order valence-corrected chi connectivity index (χ0v) is 17.0. The number of rotatable bonds is 6. The first-order chi connectivity index (χ1) is 13.6. The summed E-state index contributed by atoms with van der Waals surface area (Å²) in [6.07, 6.45) is 0. The lowest BCUT2D eigenvalue weighted by Crippen LogP contribution is -2.07. The number of halogens is 1. The molecule has 28 heavy (non-hydrogen) atoms.